The largest absolute Gasteiger partial charge is 0.299 e. The van der Waals surface area contributed by atoms with Gasteiger partial charge in [0.25, 0.3) is 0 Å². The van der Waals surface area contributed by atoms with E-state index in [4.69, 9.17) is 4.79 Å². The van der Waals surface area contributed by atoms with E-state index in [9.17, 15) is 0 Å². The van der Waals surface area contributed by atoms with Crippen molar-refractivity contribution < 1.29 is 21.3 Å². The van der Waals surface area contributed by atoms with Crippen LogP contribution in [0.5, 0.6) is 0 Å². The van der Waals surface area contributed by atoms with E-state index in [1.165, 1.54) is 0 Å². The first-order valence-corrected chi connectivity index (χ1v) is 1.24. The molecule has 0 fully saturated rings. The molecule has 0 rings (SSSR count). The number of hydrogen-bond acceptors (Lipinski definition) is 1. The van der Waals surface area contributed by atoms with Crippen LogP contribution in [0.15, 0.2) is 0 Å². The molecule has 0 spiro atoms. The van der Waals surface area contributed by atoms with Gasteiger partial charge in [0, 0.05) is 16.5 Å². The summed E-state index contributed by atoms with van der Waals surface area (Å²) in [6.07, 6.45) is 0. The summed E-state index contributed by atoms with van der Waals surface area (Å²) < 4.78 is 0. The second-order valence-electron chi connectivity index (χ2n) is 0.136. The molecule has 0 bridgehead atoms. The van der Waals surface area contributed by atoms with Gasteiger partial charge in [0.15, 0.2) is 0 Å². The maximum atomic E-state index is 8.77. The third-order valence-electron chi connectivity index (χ3n) is 0. The number of rotatable bonds is 0. The zero-order chi connectivity index (χ0) is 2.71. The molecule has 1 atom stereocenters. The first kappa shape index (κ1) is 8.82. The summed E-state index contributed by atoms with van der Waals surface area (Å²) in [5.74, 6) is 0. The van der Waals surface area contributed by atoms with E-state index >= 15 is 0 Å². The molecule has 0 heterocycles. The molecule has 1 unspecified atom stereocenters. The predicted octanol–water partition coefficient (Wildman–Crippen LogP) is 0.0492. The molecule has 0 saturated heterocycles. The monoisotopic (exact) mass is 120 g/mol. The van der Waals surface area contributed by atoms with Crippen LogP contribution in [0.1, 0.15) is 0 Å². The van der Waals surface area contributed by atoms with Crippen LogP contribution in [0, 0.1) is 0 Å². The molecule has 4 heavy (non-hydrogen) atoms. The predicted molar refractivity (Wildman–Crippen MR) is 16.5 cm³/mol. The SMILES string of the molecule is O=CP.[Ni]. The van der Waals surface area contributed by atoms with Crippen LogP contribution in [0.4, 0.5) is 0 Å². The van der Waals surface area contributed by atoms with E-state index in [0.717, 1.165) is 0 Å². The molecule has 0 aliphatic heterocycles. The second-order valence-corrected chi connectivity index (χ2v) is 0.408. The first-order valence-electron chi connectivity index (χ1n) is 0.569. The number of hydrogen-bond donors (Lipinski definition) is 0. The van der Waals surface area contributed by atoms with E-state index < -0.39 is 0 Å². The van der Waals surface area contributed by atoms with Crippen LogP contribution in [0.25, 0.3) is 0 Å². The molecule has 0 amide bonds. The summed E-state index contributed by atoms with van der Waals surface area (Å²) in [5.41, 5.74) is 0. The summed E-state index contributed by atoms with van der Waals surface area (Å²) in [5, 5.41) is 0. The van der Waals surface area contributed by atoms with Crippen molar-refractivity contribution in [2.24, 2.45) is 0 Å². The Morgan fingerprint density at radius 1 is 1.75 bits per heavy atom. The Kier molecular flexibility index (Phi) is 21.0. The van der Waals surface area contributed by atoms with Crippen molar-refractivity contribution in [2.75, 3.05) is 0 Å². The maximum absolute atomic E-state index is 8.77. The van der Waals surface area contributed by atoms with E-state index in [1.54, 1.807) is 0 Å². The van der Waals surface area contributed by atoms with Crippen LogP contribution in [0.3, 0.4) is 0 Å². The molecule has 0 aromatic carbocycles. The Morgan fingerprint density at radius 3 is 1.75 bits per heavy atom. The fraction of sp³-hybridized carbons (Fsp3) is 0. The minimum atomic E-state index is 0. The summed E-state index contributed by atoms with van der Waals surface area (Å²) in [6, 6.07) is 0.667. The minimum absolute atomic E-state index is 0. The molecule has 0 radical (unpaired) electrons. The van der Waals surface area contributed by atoms with Gasteiger partial charge in [-0.25, -0.2) is 0 Å². The molecule has 3 heteroatoms. The molecular weight excluding hydrogens is 118 g/mol. The van der Waals surface area contributed by atoms with Gasteiger partial charge in [0.2, 0.25) is 0 Å². The van der Waals surface area contributed by atoms with E-state index in [2.05, 4.69) is 0 Å². The molecule has 28 valence electrons. The van der Waals surface area contributed by atoms with Gasteiger partial charge >= 0.3 is 0 Å². The average Bonchev–Trinajstić information content (AvgIpc) is 0.918. The van der Waals surface area contributed by atoms with Crippen molar-refractivity contribution in [3.63, 3.8) is 0 Å². The van der Waals surface area contributed by atoms with Gasteiger partial charge in [-0.3, -0.25) is 4.79 Å². The molecule has 0 aliphatic carbocycles. The van der Waals surface area contributed by atoms with Crippen molar-refractivity contribution in [1.82, 2.24) is 0 Å². The number of carbonyl (C=O) groups is 1. The molecule has 0 aromatic heterocycles. The van der Waals surface area contributed by atoms with E-state index in [-0.39, 0.29) is 16.5 Å². The third kappa shape index (κ3) is 18.7. The standard InChI is InChI=1S/CH3OP.Ni/c2-1-3;/h1H,3H2;. The van der Waals surface area contributed by atoms with Crippen LogP contribution in [-0.2, 0) is 21.3 Å². The fourth-order valence-corrected chi connectivity index (χ4v) is 0. The van der Waals surface area contributed by atoms with Gasteiger partial charge in [-0.1, -0.05) is 9.24 Å². The van der Waals surface area contributed by atoms with Gasteiger partial charge < -0.3 is 0 Å². The van der Waals surface area contributed by atoms with Gasteiger partial charge in [-0.2, -0.15) is 0 Å². The Balaban J connectivity index is 0. The topological polar surface area (TPSA) is 17.1 Å². The third-order valence-corrected chi connectivity index (χ3v) is 0. The summed E-state index contributed by atoms with van der Waals surface area (Å²) in [6.45, 7) is 0. The van der Waals surface area contributed by atoms with Crippen LogP contribution in [-0.4, -0.2) is 6.03 Å². The molecule has 0 aliphatic rings. The van der Waals surface area contributed by atoms with Crippen molar-refractivity contribution in [2.45, 2.75) is 0 Å². The molecular formula is CH3NiOP. The normalized spacial score (nSPS) is 3.25. The molecule has 0 saturated carbocycles. The van der Waals surface area contributed by atoms with Gasteiger partial charge in [0.05, 0.1) is 0 Å². The Labute approximate surface area is 37.3 Å². The molecule has 0 aromatic rings. The van der Waals surface area contributed by atoms with Crippen molar-refractivity contribution >= 4 is 15.3 Å². The van der Waals surface area contributed by atoms with Gasteiger partial charge in [-0.05, 0) is 0 Å². The zero-order valence-corrected chi connectivity index (χ0v) is 4.02. The summed E-state index contributed by atoms with van der Waals surface area (Å²) >= 11 is 0. The van der Waals surface area contributed by atoms with E-state index in [0.29, 0.717) is 6.03 Å². The molecule has 1 nitrogen and oxygen atoms in total. The van der Waals surface area contributed by atoms with Crippen LogP contribution >= 0.6 is 9.24 Å². The Bertz CT molecular complexity index is 15.5. The minimum Gasteiger partial charge on any atom is -0.299 e. The van der Waals surface area contributed by atoms with E-state index in [1.807, 2.05) is 9.24 Å². The smallest absolute Gasteiger partial charge is 0.135 e. The van der Waals surface area contributed by atoms with Gasteiger partial charge in [-0.15, -0.1) is 0 Å². The van der Waals surface area contributed by atoms with Crippen molar-refractivity contribution in [1.29, 1.82) is 0 Å². The fourth-order valence-electron chi connectivity index (χ4n) is 0. The molecule has 0 N–H and O–H groups in total. The van der Waals surface area contributed by atoms with Gasteiger partial charge in [0.1, 0.15) is 6.03 Å². The van der Waals surface area contributed by atoms with Crippen molar-refractivity contribution in [3.05, 3.63) is 0 Å². The van der Waals surface area contributed by atoms with Crippen LogP contribution in [0.2, 0.25) is 0 Å². The van der Waals surface area contributed by atoms with Crippen LogP contribution < -0.4 is 0 Å². The zero-order valence-electron chi connectivity index (χ0n) is 1.88. The Morgan fingerprint density at radius 2 is 1.75 bits per heavy atom. The van der Waals surface area contributed by atoms with Crippen molar-refractivity contribution in [3.8, 4) is 0 Å². The summed E-state index contributed by atoms with van der Waals surface area (Å²) in [7, 11) is 1.90. The number of carbonyl (C=O) groups excluding carboxylic acids is 1. The summed E-state index contributed by atoms with van der Waals surface area (Å²) in [4.78, 5) is 8.77. The second kappa shape index (κ2) is 9.52. The average molecular weight is 121 g/mol. The quantitative estimate of drug-likeness (QED) is 0.251. The maximum Gasteiger partial charge on any atom is 0.135 e. The Hall–Kier alpha value is 0.594. The first-order chi connectivity index (χ1) is 1.41.